The van der Waals surface area contributed by atoms with Gasteiger partial charge in [0.25, 0.3) is 5.91 Å². The summed E-state index contributed by atoms with van der Waals surface area (Å²) in [7, 11) is 1.65. The number of carbonyl (C=O) groups excluding carboxylic acids is 1. The van der Waals surface area contributed by atoms with E-state index in [4.69, 9.17) is 4.74 Å². The first-order chi connectivity index (χ1) is 8.02. The Balaban J connectivity index is 2.63. The predicted molar refractivity (Wildman–Crippen MR) is 75.3 cm³/mol. The van der Waals surface area contributed by atoms with Gasteiger partial charge in [0.2, 0.25) is 0 Å². The van der Waals surface area contributed by atoms with Gasteiger partial charge in [0, 0.05) is 34.3 Å². The molecule has 0 aliphatic heterocycles. The molecule has 0 aromatic heterocycles. The number of carbonyl (C=O) groups is 1. The van der Waals surface area contributed by atoms with Crippen LogP contribution < -0.4 is 5.32 Å². The van der Waals surface area contributed by atoms with E-state index in [1.165, 1.54) is 0 Å². The molecular weight excluding hydrogens is 350 g/mol. The minimum Gasteiger partial charge on any atom is -0.385 e. The molecule has 0 bridgehead atoms. The van der Waals surface area contributed by atoms with Crippen LogP contribution in [-0.4, -0.2) is 25.7 Å². The minimum absolute atomic E-state index is 0.0735. The van der Waals surface area contributed by atoms with Gasteiger partial charge in [0.1, 0.15) is 0 Å². The maximum atomic E-state index is 11.9. The lowest BCUT2D eigenvalue weighted by Crippen LogP contribution is -2.33. The van der Waals surface area contributed by atoms with Crippen LogP contribution in [0.4, 0.5) is 0 Å². The molecule has 1 rings (SSSR count). The van der Waals surface area contributed by atoms with E-state index in [-0.39, 0.29) is 11.9 Å². The van der Waals surface area contributed by atoms with Crippen LogP contribution in [0.25, 0.3) is 0 Å². The van der Waals surface area contributed by atoms with Crippen molar-refractivity contribution >= 4 is 37.8 Å². The summed E-state index contributed by atoms with van der Waals surface area (Å²) >= 11 is 6.72. The fourth-order valence-corrected chi connectivity index (χ4v) is 2.65. The van der Waals surface area contributed by atoms with E-state index in [0.717, 1.165) is 15.4 Å². The smallest absolute Gasteiger partial charge is 0.251 e. The quantitative estimate of drug-likeness (QED) is 0.869. The Hall–Kier alpha value is -0.390. The van der Waals surface area contributed by atoms with Gasteiger partial charge in [-0.15, -0.1) is 0 Å². The normalized spacial score (nSPS) is 12.2. The van der Waals surface area contributed by atoms with Crippen molar-refractivity contribution in [2.24, 2.45) is 0 Å². The van der Waals surface area contributed by atoms with E-state index in [1.54, 1.807) is 19.2 Å². The van der Waals surface area contributed by atoms with Gasteiger partial charge in [-0.25, -0.2) is 0 Å². The fraction of sp³-hybridized carbons (Fsp3) is 0.417. The first-order valence-corrected chi connectivity index (χ1v) is 6.87. The van der Waals surface area contributed by atoms with Crippen LogP contribution >= 0.6 is 31.9 Å². The summed E-state index contributed by atoms with van der Waals surface area (Å²) in [6, 6.07) is 5.58. The van der Waals surface area contributed by atoms with Crippen LogP contribution in [0.1, 0.15) is 23.7 Å². The zero-order valence-corrected chi connectivity index (χ0v) is 13.0. The summed E-state index contributed by atoms with van der Waals surface area (Å²) in [6.07, 6.45) is 0.803. The highest BCUT2D eigenvalue weighted by molar-refractivity contribution is 9.11. The van der Waals surface area contributed by atoms with Gasteiger partial charge in [0.15, 0.2) is 0 Å². The van der Waals surface area contributed by atoms with Crippen LogP contribution in [0.2, 0.25) is 0 Å². The summed E-state index contributed by atoms with van der Waals surface area (Å²) in [5, 5.41) is 2.92. The molecule has 1 amide bonds. The first-order valence-electron chi connectivity index (χ1n) is 5.29. The van der Waals surface area contributed by atoms with Crippen LogP contribution in [0.3, 0.4) is 0 Å². The third-order valence-corrected chi connectivity index (χ3v) is 3.17. The number of amides is 1. The Labute approximate surface area is 118 Å². The SMILES string of the molecule is COCCC(C)NC(=O)c1cc(Br)cc(Br)c1. The average molecular weight is 365 g/mol. The molecule has 0 saturated carbocycles. The van der Waals surface area contributed by atoms with Crippen molar-refractivity contribution in [3.63, 3.8) is 0 Å². The van der Waals surface area contributed by atoms with Crippen molar-refractivity contribution in [1.82, 2.24) is 5.32 Å². The summed E-state index contributed by atoms with van der Waals surface area (Å²) in [5.74, 6) is -0.0735. The Morgan fingerprint density at radius 2 is 1.94 bits per heavy atom. The summed E-state index contributed by atoms with van der Waals surface area (Å²) in [6.45, 7) is 2.60. The van der Waals surface area contributed by atoms with Crippen molar-refractivity contribution in [3.8, 4) is 0 Å². The molecule has 17 heavy (non-hydrogen) atoms. The van der Waals surface area contributed by atoms with E-state index in [9.17, 15) is 4.79 Å². The molecule has 0 radical (unpaired) electrons. The predicted octanol–water partition coefficient (Wildman–Crippen LogP) is 3.37. The number of rotatable bonds is 5. The number of methoxy groups -OCH3 is 1. The molecule has 1 atom stereocenters. The molecule has 0 aliphatic carbocycles. The number of ether oxygens (including phenoxy) is 1. The van der Waals surface area contributed by atoms with E-state index in [2.05, 4.69) is 37.2 Å². The number of benzene rings is 1. The second-order valence-electron chi connectivity index (χ2n) is 3.81. The summed E-state index contributed by atoms with van der Waals surface area (Å²) in [4.78, 5) is 11.9. The molecule has 94 valence electrons. The molecule has 0 fully saturated rings. The highest BCUT2D eigenvalue weighted by atomic mass is 79.9. The molecule has 1 aromatic rings. The zero-order chi connectivity index (χ0) is 12.8. The van der Waals surface area contributed by atoms with Gasteiger partial charge < -0.3 is 10.1 Å². The van der Waals surface area contributed by atoms with Crippen molar-refractivity contribution in [2.75, 3.05) is 13.7 Å². The zero-order valence-electron chi connectivity index (χ0n) is 9.80. The molecule has 1 N–H and O–H groups in total. The topological polar surface area (TPSA) is 38.3 Å². The lowest BCUT2D eigenvalue weighted by Gasteiger charge is -2.13. The molecule has 1 unspecified atom stereocenters. The number of hydrogen-bond donors (Lipinski definition) is 1. The molecule has 5 heteroatoms. The summed E-state index contributed by atoms with van der Waals surface area (Å²) in [5.41, 5.74) is 0.635. The number of nitrogens with one attached hydrogen (secondary N) is 1. The minimum atomic E-state index is -0.0735. The van der Waals surface area contributed by atoms with Gasteiger partial charge in [0.05, 0.1) is 0 Å². The lowest BCUT2D eigenvalue weighted by molar-refractivity contribution is 0.0929. The third kappa shape index (κ3) is 5.19. The first kappa shape index (κ1) is 14.7. The monoisotopic (exact) mass is 363 g/mol. The highest BCUT2D eigenvalue weighted by Crippen LogP contribution is 2.20. The fourth-order valence-electron chi connectivity index (χ4n) is 1.36. The number of halogens is 2. The van der Waals surface area contributed by atoms with Gasteiger partial charge in [-0.3, -0.25) is 4.79 Å². The van der Waals surface area contributed by atoms with E-state index in [0.29, 0.717) is 12.2 Å². The van der Waals surface area contributed by atoms with Crippen molar-refractivity contribution < 1.29 is 9.53 Å². The molecule has 3 nitrogen and oxygen atoms in total. The van der Waals surface area contributed by atoms with Gasteiger partial charge in [-0.2, -0.15) is 0 Å². The Morgan fingerprint density at radius 3 is 2.47 bits per heavy atom. The standard InChI is InChI=1S/C12H15Br2NO2/c1-8(3-4-17-2)15-12(16)9-5-10(13)7-11(14)6-9/h5-8H,3-4H2,1-2H3,(H,15,16). The molecular formula is C12H15Br2NO2. The molecule has 0 heterocycles. The van der Waals surface area contributed by atoms with Crippen molar-refractivity contribution in [2.45, 2.75) is 19.4 Å². The van der Waals surface area contributed by atoms with Crippen LogP contribution in [0.15, 0.2) is 27.1 Å². The van der Waals surface area contributed by atoms with Gasteiger partial charge in [-0.1, -0.05) is 31.9 Å². The number of hydrogen-bond acceptors (Lipinski definition) is 2. The largest absolute Gasteiger partial charge is 0.385 e. The van der Waals surface area contributed by atoms with Crippen LogP contribution in [0.5, 0.6) is 0 Å². The molecule has 0 saturated heterocycles. The molecule has 1 aromatic carbocycles. The van der Waals surface area contributed by atoms with Crippen molar-refractivity contribution in [1.29, 1.82) is 0 Å². The maximum Gasteiger partial charge on any atom is 0.251 e. The Morgan fingerprint density at radius 1 is 1.35 bits per heavy atom. The Bertz CT molecular complexity index is 376. The van der Waals surface area contributed by atoms with Crippen molar-refractivity contribution in [3.05, 3.63) is 32.7 Å². The van der Waals surface area contributed by atoms with E-state index < -0.39 is 0 Å². The second-order valence-corrected chi connectivity index (χ2v) is 5.65. The lowest BCUT2D eigenvalue weighted by atomic mass is 10.2. The Kier molecular flexibility index (Phi) is 6.16. The maximum absolute atomic E-state index is 11.9. The molecule has 0 spiro atoms. The summed E-state index contributed by atoms with van der Waals surface area (Å²) < 4.78 is 6.72. The van der Waals surface area contributed by atoms with Crippen LogP contribution in [0, 0.1) is 0 Å². The van der Waals surface area contributed by atoms with E-state index >= 15 is 0 Å². The van der Waals surface area contributed by atoms with E-state index in [1.807, 2.05) is 13.0 Å². The van der Waals surface area contributed by atoms with Gasteiger partial charge in [-0.05, 0) is 31.5 Å². The third-order valence-electron chi connectivity index (χ3n) is 2.26. The second kappa shape index (κ2) is 7.13. The average Bonchev–Trinajstić information content (AvgIpc) is 2.25. The van der Waals surface area contributed by atoms with Crippen LogP contribution in [-0.2, 0) is 4.74 Å². The molecule has 0 aliphatic rings. The van der Waals surface area contributed by atoms with Gasteiger partial charge >= 0.3 is 0 Å². The highest BCUT2D eigenvalue weighted by Gasteiger charge is 2.10.